The zero-order valence-corrected chi connectivity index (χ0v) is 10.4. The molecule has 0 aliphatic rings. The van der Waals surface area contributed by atoms with Crippen LogP contribution in [0.4, 0.5) is 0 Å². The van der Waals surface area contributed by atoms with Crippen LogP contribution in [0, 0.1) is 0 Å². The first-order valence-corrected chi connectivity index (χ1v) is 5.52. The van der Waals surface area contributed by atoms with Gasteiger partial charge in [-0.25, -0.2) is 0 Å². The molecular weight excluding hydrogens is 244 g/mol. The Hall–Kier alpha value is -1.55. The third-order valence-electron chi connectivity index (χ3n) is 1.85. The maximum absolute atomic E-state index is 11.4. The molecule has 0 saturated carbocycles. The summed E-state index contributed by atoms with van der Waals surface area (Å²) in [6, 6.07) is 6.78. The molecule has 17 heavy (non-hydrogen) atoms. The molecule has 0 radical (unpaired) electrons. The van der Waals surface area contributed by atoms with Crippen molar-refractivity contribution in [2.75, 3.05) is 0 Å². The minimum absolute atomic E-state index is 0.0144. The van der Waals surface area contributed by atoms with E-state index in [1.165, 1.54) is 6.92 Å². The molecule has 0 aromatic heterocycles. The number of esters is 2. The molecule has 0 spiro atoms. The van der Waals surface area contributed by atoms with E-state index >= 15 is 0 Å². The Morgan fingerprint density at radius 3 is 2.59 bits per heavy atom. The lowest BCUT2D eigenvalue weighted by molar-refractivity contribution is -0.144. The van der Waals surface area contributed by atoms with Crippen LogP contribution in [0.5, 0.6) is 5.75 Å². The summed E-state index contributed by atoms with van der Waals surface area (Å²) in [5.74, 6) is -0.539. The second kappa shape index (κ2) is 6.25. The smallest absolute Gasteiger partial charge is 0.311 e. The molecule has 4 nitrogen and oxygen atoms in total. The molecule has 5 heteroatoms. The van der Waals surface area contributed by atoms with Crippen molar-refractivity contribution in [3.63, 3.8) is 0 Å². The molecule has 1 rings (SSSR count). The monoisotopic (exact) mass is 256 g/mol. The van der Waals surface area contributed by atoms with E-state index in [4.69, 9.17) is 21.1 Å². The van der Waals surface area contributed by atoms with E-state index in [-0.39, 0.29) is 6.42 Å². The predicted octanol–water partition coefficient (Wildman–Crippen LogP) is 2.28. The van der Waals surface area contributed by atoms with Crippen LogP contribution in [-0.4, -0.2) is 17.5 Å². The number of halogens is 1. The van der Waals surface area contributed by atoms with Crippen molar-refractivity contribution in [3.8, 4) is 5.75 Å². The third kappa shape index (κ3) is 4.87. The van der Waals surface area contributed by atoms with Crippen LogP contribution in [0.1, 0.15) is 19.4 Å². The maximum atomic E-state index is 11.4. The zero-order valence-electron chi connectivity index (χ0n) is 9.60. The number of hydrogen-bond donors (Lipinski definition) is 0. The first-order valence-electron chi connectivity index (χ1n) is 5.09. The van der Waals surface area contributed by atoms with Gasteiger partial charge in [0.05, 0.1) is 6.42 Å². The van der Waals surface area contributed by atoms with Gasteiger partial charge in [-0.2, -0.15) is 0 Å². The van der Waals surface area contributed by atoms with Gasteiger partial charge < -0.3 is 9.47 Å². The van der Waals surface area contributed by atoms with Crippen molar-refractivity contribution in [1.82, 2.24) is 0 Å². The van der Waals surface area contributed by atoms with Gasteiger partial charge in [-0.05, 0) is 13.0 Å². The fourth-order valence-electron chi connectivity index (χ4n) is 1.28. The van der Waals surface area contributed by atoms with Gasteiger partial charge >= 0.3 is 11.9 Å². The Bertz CT molecular complexity index is 415. The SMILES string of the molecule is CC(=O)Oc1ccccc1CC(=O)OC(C)Cl. The molecule has 0 bridgehead atoms. The van der Waals surface area contributed by atoms with Crippen LogP contribution < -0.4 is 4.74 Å². The highest BCUT2D eigenvalue weighted by atomic mass is 35.5. The second-order valence-corrected chi connectivity index (χ2v) is 4.03. The summed E-state index contributed by atoms with van der Waals surface area (Å²) < 4.78 is 9.77. The molecule has 0 saturated heterocycles. The Morgan fingerprint density at radius 1 is 1.35 bits per heavy atom. The summed E-state index contributed by atoms with van der Waals surface area (Å²) in [5.41, 5.74) is -0.0894. The molecule has 92 valence electrons. The minimum atomic E-state index is -0.677. The van der Waals surface area contributed by atoms with Crippen molar-refractivity contribution >= 4 is 23.5 Å². The normalized spacial score (nSPS) is 11.7. The summed E-state index contributed by atoms with van der Waals surface area (Å²) in [4.78, 5) is 22.3. The van der Waals surface area contributed by atoms with Gasteiger partial charge in [-0.3, -0.25) is 9.59 Å². The van der Waals surface area contributed by atoms with Crippen molar-refractivity contribution in [2.24, 2.45) is 0 Å². The van der Waals surface area contributed by atoms with Crippen LogP contribution in [0.25, 0.3) is 0 Å². The lowest BCUT2D eigenvalue weighted by Crippen LogP contribution is -2.13. The number of carbonyl (C=O) groups excluding carboxylic acids is 2. The Labute approximate surface area is 104 Å². The summed E-state index contributed by atoms with van der Waals surface area (Å²) in [5, 5.41) is 0. The molecule has 1 unspecified atom stereocenters. The van der Waals surface area contributed by atoms with Crippen LogP contribution >= 0.6 is 11.6 Å². The van der Waals surface area contributed by atoms with Gasteiger partial charge in [0.15, 0.2) is 5.56 Å². The fourth-order valence-corrected chi connectivity index (χ4v) is 1.38. The summed E-state index contributed by atoms with van der Waals surface area (Å²) in [6.45, 7) is 2.85. The molecule has 0 amide bonds. The van der Waals surface area contributed by atoms with Crippen molar-refractivity contribution in [2.45, 2.75) is 25.8 Å². The van der Waals surface area contributed by atoms with Crippen LogP contribution in [-0.2, 0) is 20.7 Å². The van der Waals surface area contributed by atoms with Crippen LogP contribution in [0.2, 0.25) is 0 Å². The molecule has 0 aliphatic heterocycles. The topological polar surface area (TPSA) is 52.6 Å². The van der Waals surface area contributed by atoms with E-state index in [1.807, 2.05) is 0 Å². The third-order valence-corrected chi connectivity index (χ3v) is 1.94. The predicted molar refractivity (Wildman–Crippen MR) is 62.9 cm³/mol. The van der Waals surface area contributed by atoms with Gasteiger partial charge in [0.2, 0.25) is 0 Å². The first-order chi connectivity index (χ1) is 7.99. The van der Waals surface area contributed by atoms with E-state index in [1.54, 1.807) is 31.2 Å². The Morgan fingerprint density at radius 2 is 2.00 bits per heavy atom. The summed E-state index contributed by atoms with van der Waals surface area (Å²) in [7, 11) is 0. The number of para-hydroxylation sites is 1. The van der Waals surface area contributed by atoms with Gasteiger partial charge in [0, 0.05) is 12.5 Å². The highest BCUT2D eigenvalue weighted by Gasteiger charge is 2.12. The van der Waals surface area contributed by atoms with E-state index in [9.17, 15) is 9.59 Å². The van der Waals surface area contributed by atoms with Gasteiger partial charge in [-0.15, -0.1) is 0 Å². The molecular formula is C12H13ClO4. The number of alkyl halides is 1. The second-order valence-electron chi connectivity index (χ2n) is 3.41. The summed E-state index contributed by atoms with van der Waals surface area (Å²) in [6.07, 6.45) is 0.0144. The van der Waals surface area contributed by atoms with Crippen molar-refractivity contribution in [3.05, 3.63) is 29.8 Å². The van der Waals surface area contributed by atoms with Crippen LogP contribution in [0.3, 0.4) is 0 Å². The standard InChI is InChI=1S/C12H13ClO4/c1-8(13)16-12(15)7-10-5-3-4-6-11(10)17-9(2)14/h3-6,8H,7H2,1-2H3. The lowest BCUT2D eigenvalue weighted by atomic mass is 10.1. The average Bonchev–Trinajstić information content (AvgIpc) is 2.18. The zero-order chi connectivity index (χ0) is 12.8. The number of carbonyl (C=O) groups is 2. The summed E-state index contributed by atoms with van der Waals surface area (Å²) >= 11 is 5.53. The molecule has 1 aromatic rings. The van der Waals surface area contributed by atoms with Gasteiger partial charge in [0.1, 0.15) is 5.75 Å². The molecule has 0 fully saturated rings. The quantitative estimate of drug-likeness (QED) is 0.471. The molecule has 0 N–H and O–H groups in total. The van der Waals surface area contributed by atoms with E-state index in [2.05, 4.69) is 0 Å². The van der Waals surface area contributed by atoms with E-state index < -0.39 is 17.5 Å². The minimum Gasteiger partial charge on any atom is -0.446 e. The first kappa shape index (κ1) is 13.5. The van der Waals surface area contributed by atoms with Crippen molar-refractivity contribution < 1.29 is 19.1 Å². The van der Waals surface area contributed by atoms with E-state index in [0.717, 1.165) is 0 Å². The maximum Gasteiger partial charge on any atom is 0.311 e. The van der Waals surface area contributed by atoms with Crippen LogP contribution in [0.15, 0.2) is 24.3 Å². The number of benzene rings is 1. The molecule has 1 atom stereocenters. The molecule has 0 heterocycles. The largest absolute Gasteiger partial charge is 0.446 e. The average molecular weight is 257 g/mol. The van der Waals surface area contributed by atoms with Gasteiger partial charge in [-0.1, -0.05) is 29.8 Å². The number of rotatable bonds is 4. The van der Waals surface area contributed by atoms with Crippen molar-refractivity contribution in [1.29, 1.82) is 0 Å². The number of hydrogen-bond acceptors (Lipinski definition) is 4. The van der Waals surface area contributed by atoms with E-state index in [0.29, 0.717) is 11.3 Å². The fraction of sp³-hybridized carbons (Fsp3) is 0.333. The Balaban J connectivity index is 2.76. The number of ether oxygens (including phenoxy) is 2. The lowest BCUT2D eigenvalue weighted by Gasteiger charge is -2.09. The highest BCUT2D eigenvalue weighted by molar-refractivity contribution is 6.19. The molecule has 0 aliphatic carbocycles. The van der Waals surface area contributed by atoms with Gasteiger partial charge in [0.25, 0.3) is 0 Å². The Kier molecular flexibility index (Phi) is 4.97. The highest BCUT2D eigenvalue weighted by Crippen LogP contribution is 2.19. The molecule has 1 aromatic carbocycles.